The van der Waals surface area contributed by atoms with Crippen LogP contribution in [0.2, 0.25) is 0 Å². The molecule has 0 aliphatic rings. The molecule has 4 rings (SSSR count). The molecule has 2 heterocycles. The molecule has 176 valence electrons. The fourth-order valence-electron chi connectivity index (χ4n) is 3.82. The van der Waals surface area contributed by atoms with Gasteiger partial charge in [-0.05, 0) is 54.3 Å². The number of hydrogen-bond acceptors (Lipinski definition) is 4. The summed E-state index contributed by atoms with van der Waals surface area (Å²) in [5.74, 6) is 0.113. The average molecular weight is 469 g/mol. The van der Waals surface area contributed by atoms with Crippen LogP contribution >= 0.6 is 0 Å². The zero-order valence-electron chi connectivity index (χ0n) is 18.7. The van der Waals surface area contributed by atoms with Crippen molar-refractivity contribution in [3.05, 3.63) is 83.2 Å². The minimum Gasteiger partial charge on any atom is -0.497 e. The third-order valence-electron chi connectivity index (χ3n) is 5.39. The van der Waals surface area contributed by atoms with E-state index in [4.69, 9.17) is 4.74 Å². The number of nitrogens with zero attached hydrogens (tertiary/aromatic N) is 2. The molecule has 1 N–H and O–H groups in total. The van der Waals surface area contributed by atoms with Crippen LogP contribution in [0.4, 0.5) is 13.2 Å². The number of fused-ring (bicyclic) bond motifs is 1. The van der Waals surface area contributed by atoms with Gasteiger partial charge in [0.25, 0.3) is 5.91 Å². The molecular formula is C25H22F3N3O3. The first kappa shape index (κ1) is 23.2. The Morgan fingerprint density at radius 1 is 1.03 bits per heavy atom. The Morgan fingerprint density at radius 2 is 1.76 bits per heavy atom. The van der Waals surface area contributed by atoms with Crippen molar-refractivity contribution in [3.63, 3.8) is 0 Å². The first-order valence-electron chi connectivity index (χ1n) is 10.4. The van der Waals surface area contributed by atoms with E-state index in [1.54, 1.807) is 49.0 Å². The number of halogens is 3. The van der Waals surface area contributed by atoms with Crippen molar-refractivity contribution >= 4 is 11.4 Å². The lowest BCUT2D eigenvalue weighted by atomic mass is 9.98. The molecule has 0 aliphatic carbocycles. The number of ether oxygens (including phenoxy) is 2. The number of methoxy groups -OCH3 is 1. The summed E-state index contributed by atoms with van der Waals surface area (Å²) < 4.78 is 47.9. The Morgan fingerprint density at radius 3 is 2.41 bits per heavy atom. The molecule has 0 atom stereocenters. The lowest BCUT2D eigenvalue weighted by molar-refractivity contribution is -0.274. The maximum atomic E-state index is 12.9. The summed E-state index contributed by atoms with van der Waals surface area (Å²) in [6.07, 6.45) is -2.99. The number of aryl methyl sites for hydroxylation is 2. The lowest BCUT2D eigenvalue weighted by Gasteiger charge is -2.12. The van der Waals surface area contributed by atoms with Gasteiger partial charge in [-0.2, -0.15) is 5.10 Å². The number of aromatic nitrogens is 2. The summed E-state index contributed by atoms with van der Waals surface area (Å²) in [5.41, 5.74) is 5.19. The van der Waals surface area contributed by atoms with Gasteiger partial charge in [-0.1, -0.05) is 30.3 Å². The molecule has 0 spiro atoms. The molecule has 0 fully saturated rings. The molecule has 2 aromatic carbocycles. The summed E-state index contributed by atoms with van der Waals surface area (Å²) in [4.78, 5) is 12.9. The fraction of sp³-hybridized carbons (Fsp3) is 0.200. The third-order valence-corrected chi connectivity index (χ3v) is 5.39. The Bertz CT molecular complexity index is 1350. The number of benzene rings is 2. The topological polar surface area (TPSA) is 64.9 Å². The maximum absolute atomic E-state index is 12.9. The number of alkyl halides is 3. The average Bonchev–Trinajstić information content (AvgIpc) is 3.12. The van der Waals surface area contributed by atoms with Crippen molar-refractivity contribution in [2.24, 2.45) is 0 Å². The molecule has 0 radical (unpaired) electrons. The van der Waals surface area contributed by atoms with E-state index in [1.165, 1.54) is 12.1 Å². The zero-order chi connectivity index (χ0) is 24.5. The number of hydrogen-bond donors (Lipinski definition) is 1. The highest BCUT2D eigenvalue weighted by Gasteiger charge is 2.31. The van der Waals surface area contributed by atoms with Crippen molar-refractivity contribution in [1.29, 1.82) is 0 Å². The van der Waals surface area contributed by atoms with Crippen molar-refractivity contribution in [2.75, 3.05) is 7.11 Å². The Labute approximate surface area is 193 Å². The summed E-state index contributed by atoms with van der Waals surface area (Å²) in [6, 6.07) is 14.9. The lowest BCUT2D eigenvalue weighted by Crippen LogP contribution is -2.23. The Balaban J connectivity index is 1.48. The van der Waals surface area contributed by atoms with Gasteiger partial charge in [0.15, 0.2) is 0 Å². The second kappa shape index (κ2) is 9.09. The van der Waals surface area contributed by atoms with E-state index in [2.05, 4.69) is 15.2 Å². The van der Waals surface area contributed by atoms with Crippen molar-refractivity contribution in [3.8, 4) is 22.6 Å². The molecule has 1 amide bonds. The van der Waals surface area contributed by atoms with Gasteiger partial charge in [-0.15, -0.1) is 13.2 Å². The molecular weight excluding hydrogens is 447 g/mol. The van der Waals surface area contributed by atoms with Crippen molar-refractivity contribution < 1.29 is 27.4 Å². The third kappa shape index (κ3) is 4.98. The highest BCUT2D eigenvalue weighted by molar-refractivity contribution is 6.02. The van der Waals surface area contributed by atoms with E-state index in [0.29, 0.717) is 29.1 Å². The molecule has 6 nitrogen and oxygen atoms in total. The molecule has 4 aromatic rings. The van der Waals surface area contributed by atoms with Crippen LogP contribution in [0.3, 0.4) is 0 Å². The fourth-order valence-corrected chi connectivity index (χ4v) is 3.82. The second-order valence-electron chi connectivity index (χ2n) is 7.76. The van der Waals surface area contributed by atoms with E-state index in [0.717, 1.165) is 22.3 Å². The van der Waals surface area contributed by atoms with Crippen molar-refractivity contribution in [1.82, 2.24) is 14.9 Å². The predicted molar refractivity (Wildman–Crippen MR) is 121 cm³/mol. The SMILES string of the molecule is COc1ccn2nc(C)c(C(=O)NCc3ccc(-c4ccc(OC(F)(F)F)cc4)c(C)c3)c2c1. The number of pyridine rings is 1. The molecule has 0 unspecified atom stereocenters. The number of carbonyl (C=O) groups excluding carboxylic acids is 1. The van der Waals surface area contributed by atoms with E-state index in [9.17, 15) is 18.0 Å². The van der Waals surface area contributed by atoms with Gasteiger partial charge in [0, 0.05) is 18.8 Å². The van der Waals surface area contributed by atoms with Gasteiger partial charge in [-0.3, -0.25) is 4.79 Å². The Hall–Kier alpha value is -4.01. The minimum absolute atomic E-state index is 0.247. The molecule has 34 heavy (non-hydrogen) atoms. The summed E-state index contributed by atoms with van der Waals surface area (Å²) in [7, 11) is 1.56. The number of rotatable bonds is 6. The molecule has 0 saturated carbocycles. The minimum atomic E-state index is -4.72. The van der Waals surface area contributed by atoms with Crippen LogP contribution in [0.1, 0.15) is 27.2 Å². The van der Waals surface area contributed by atoms with Gasteiger partial charge in [0.2, 0.25) is 0 Å². The normalized spacial score (nSPS) is 11.5. The van der Waals surface area contributed by atoms with Crippen LogP contribution in [-0.4, -0.2) is 29.0 Å². The van der Waals surface area contributed by atoms with E-state index in [-0.39, 0.29) is 11.7 Å². The highest BCUT2D eigenvalue weighted by atomic mass is 19.4. The second-order valence-corrected chi connectivity index (χ2v) is 7.76. The number of amides is 1. The monoisotopic (exact) mass is 469 g/mol. The van der Waals surface area contributed by atoms with Crippen LogP contribution in [0.5, 0.6) is 11.5 Å². The van der Waals surface area contributed by atoms with Gasteiger partial charge in [-0.25, -0.2) is 4.52 Å². The van der Waals surface area contributed by atoms with Crippen LogP contribution in [-0.2, 0) is 6.54 Å². The zero-order valence-corrected chi connectivity index (χ0v) is 18.7. The first-order valence-corrected chi connectivity index (χ1v) is 10.4. The maximum Gasteiger partial charge on any atom is 0.573 e. The van der Waals surface area contributed by atoms with Gasteiger partial charge < -0.3 is 14.8 Å². The predicted octanol–water partition coefficient (Wildman–Crippen LogP) is 5.46. The highest BCUT2D eigenvalue weighted by Crippen LogP contribution is 2.29. The van der Waals surface area contributed by atoms with Crippen molar-refractivity contribution in [2.45, 2.75) is 26.8 Å². The largest absolute Gasteiger partial charge is 0.573 e. The van der Waals surface area contributed by atoms with E-state index in [1.807, 2.05) is 25.1 Å². The molecule has 0 aliphatic heterocycles. The standard InChI is InChI=1S/C25H22F3N3O3/c1-15-12-17(4-9-21(15)18-5-7-19(8-6-18)34-25(26,27)28)14-29-24(32)23-16(2)30-31-11-10-20(33-3)13-22(23)31/h4-13H,14H2,1-3H3,(H,29,32). The smallest absolute Gasteiger partial charge is 0.497 e. The van der Waals surface area contributed by atoms with Crippen LogP contribution in [0, 0.1) is 13.8 Å². The van der Waals surface area contributed by atoms with Crippen LogP contribution in [0.25, 0.3) is 16.6 Å². The molecule has 0 bridgehead atoms. The molecule has 0 saturated heterocycles. The van der Waals surface area contributed by atoms with Gasteiger partial charge in [0.05, 0.1) is 23.9 Å². The number of nitrogens with one attached hydrogen (secondary N) is 1. The van der Waals surface area contributed by atoms with Gasteiger partial charge in [0.1, 0.15) is 11.5 Å². The number of carbonyl (C=O) groups is 1. The van der Waals surface area contributed by atoms with Crippen LogP contribution < -0.4 is 14.8 Å². The van der Waals surface area contributed by atoms with E-state index >= 15 is 0 Å². The molecule has 9 heteroatoms. The van der Waals surface area contributed by atoms with Crippen LogP contribution in [0.15, 0.2) is 60.8 Å². The summed E-state index contributed by atoms with van der Waals surface area (Å²) in [5, 5.41) is 7.31. The van der Waals surface area contributed by atoms with Gasteiger partial charge >= 0.3 is 6.36 Å². The summed E-state index contributed by atoms with van der Waals surface area (Å²) in [6.45, 7) is 3.99. The molecule has 2 aromatic heterocycles. The summed E-state index contributed by atoms with van der Waals surface area (Å²) >= 11 is 0. The Kier molecular flexibility index (Phi) is 6.19. The first-order chi connectivity index (χ1) is 16.1. The van der Waals surface area contributed by atoms with E-state index < -0.39 is 6.36 Å². The quantitative estimate of drug-likeness (QED) is 0.408.